The number of rotatable bonds is 12. The summed E-state index contributed by atoms with van der Waals surface area (Å²) in [5.41, 5.74) is 1.00. The van der Waals surface area contributed by atoms with Gasteiger partial charge < -0.3 is 20.6 Å². The van der Waals surface area contributed by atoms with Crippen molar-refractivity contribution in [2.24, 2.45) is 11.8 Å². The van der Waals surface area contributed by atoms with E-state index in [9.17, 15) is 19.5 Å². The molecule has 1 spiro atoms. The van der Waals surface area contributed by atoms with E-state index in [4.69, 9.17) is 0 Å². The maximum atomic E-state index is 14.1. The molecule has 8 heteroatoms. The molecule has 2 bridgehead atoms. The summed E-state index contributed by atoms with van der Waals surface area (Å²) in [4.78, 5) is 42.6. The minimum absolute atomic E-state index is 0.0556. The second-order valence-corrected chi connectivity index (χ2v) is 11.7. The number of carbonyl (C=O) groups excluding carboxylic acids is 3. The van der Waals surface area contributed by atoms with Gasteiger partial charge in [-0.15, -0.1) is 11.8 Å². The van der Waals surface area contributed by atoms with Crippen LogP contribution < -0.4 is 10.6 Å². The lowest BCUT2D eigenvalue weighted by Crippen LogP contribution is -2.57. The quantitative estimate of drug-likeness (QED) is 0.382. The van der Waals surface area contributed by atoms with Crippen molar-refractivity contribution in [3.63, 3.8) is 0 Å². The van der Waals surface area contributed by atoms with Crippen LogP contribution in [0.3, 0.4) is 0 Å². The molecule has 2 unspecified atom stereocenters. The highest BCUT2D eigenvalue weighted by molar-refractivity contribution is 8.02. The fraction of sp³-hybridized carbons (Fsp3) is 0.667. The number of carbonyl (C=O) groups is 3. The van der Waals surface area contributed by atoms with E-state index in [0.717, 1.165) is 44.1 Å². The van der Waals surface area contributed by atoms with Crippen molar-refractivity contribution in [1.82, 2.24) is 15.5 Å². The number of fused-ring (bicyclic) bond motifs is 1. The third-order valence-corrected chi connectivity index (χ3v) is 9.79. The zero-order valence-electron chi connectivity index (χ0n) is 20.9. The standard InChI is InChI=1S/C27H39N3O4S/c1-3-5-9-15-29-25(33)23-27-13-12-20(35-27)21(24(32)28-14-4-2)22(27)26(34)30(23)19(17-31)16-18-10-7-6-8-11-18/h6-8,10-11,19-23,31H,3-5,9,12-17H2,1-2H3,(H,28,32)(H,29,33)/t19-,20-,21+,22+,23?,27?/m1/s1. The van der Waals surface area contributed by atoms with Gasteiger partial charge in [-0.1, -0.05) is 57.0 Å². The molecular weight excluding hydrogens is 462 g/mol. The van der Waals surface area contributed by atoms with Gasteiger partial charge in [-0.3, -0.25) is 14.4 Å². The first-order chi connectivity index (χ1) is 17.0. The van der Waals surface area contributed by atoms with E-state index < -0.39 is 28.7 Å². The van der Waals surface area contributed by atoms with Gasteiger partial charge in [0.25, 0.3) is 0 Å². The van der Waals surface area contributed by atoms with Crippen LogP contribution in [0.25, 0.3) is 0 Å². The summed E-state index contributed by atoms with van der Waals surface area (Å²) in [6, 6.07) is 8.56. The number of hydrogen-bond donors (Lipinski definition) is 3. The Morgan fingerprint density at radius 2 is 1.86 bits per heavy atom. The molecule has 192 valence electrons. The second kappa shape index (κ2) is 11.3. The number of aliphatic hydroxyl groups excluding tert-OH is 1. The fourth-order valence-corrected chi connectivity index (χ4v) is 8.48. The van der Waals surface area contributed by atoms with Gasteiger partial charge in [-0.25, -0.2) is 0 Å². The van der Waals surface area contributed by atoms with Crippen molar-refractivity contribution < 1.29 is 19.5 Å². The number of nitrogens with zero attached hydrogens (tertiary/aromatic N) is 1. The number of thioether (sulfide) groups is 1. The molecule has 4 rings (SSSR count). The molecule has 1 aromatic rings. The van der Waals surface area contributed by atoms with Gasteiger partial charge in [-0.2, -0.15) is 0 Å². The lowest BCUT2D eigenvalue weighted by molar-refractivity contribution is -0.142. The minimum Gasteiger partial charge on any atom is -0.394 e. The zero-order valence-corrected chi connectivity index (χ0v) is 21.7. The van der Waals surface area contributed by atoms with Crippen LogP contribution in [0.2, 0.25) is 0 Å². The van der Waals surface area contributed by atoms with Gasteiger partial charge in [0, 0.05) is 18.3 Å². The summed E-state index contributed by atoms with van der Waals surface area (Å²) >= 11 is 1.68. The third kappa shape index (κ3) is 4.84. The number of aliphatic hydroxyl groups is 1. The molecule has 3 heterocycles. The number of likely N-dealkylation sites (tertiary alicyclic amines) is 1. The molecule has 3 N–H and O–H groups in total. The first-order valence-corrected chi connectivity index (χ1v) is 14.1. The molecule has 3 aliphatic rings. The molecule has 0 radical (unpaired) electrons. The van der Waals surface area contributed by atoms with Crippen LogP contribution >= 0.6 is 11.8 Å². The van der Waals surface area contributed by atoms with E-state index in [0.29, 0.717) is 19.5 Å². The molecule has 3 saturated heterocycles. The Morgan fingerprint density at radius 1 is 1.11 bits per heavy atom. The lowest BCUT2D eigenvalue weighted by Gasteiger charge is -2.37. The number of unbranched alkanes of at least 4 members (excludes halogenated alkanes) is 2. The van der Waals surface area contributed by atoms with Crippen LogP contribution in [0, 0.1) is 11.8 Å². The van der Waals surface area contributed by atoms with E-state index in [2.05, 4.69) is 17.6 Å². The molecule has 3 fully saturated rings. The maximum Gasteiger partial charge on any atom is 0.244 e. The van der Waals surface area contributed by atoms with E-state index in [1.807, 2.05) is 37.3 Å². The average Bonchev–Trinajstić information content (AvgIpc) is 3.51. The molecule has 0 aromatic heterocycles. The zero-order chi connectivity index (χ0) is 25.0. The molecular formula is C27H39N3O4S. The molecule has 6 atom stereocenters. The molecule has 1 aromatic carbocycles. The minimum atomic E-state index is -0.679. The van der Waals surface area contributed by atoms with Gasteiger partial charge in [0.1, 0.15) is 6.04 Å². The predicted octanol–water partition coefficient (Wildman–Crippen LogP) is 2.51. The maximum absolute atomic E-state index is 14.1. The normalized spacial score (nSPS) is 29.8. The Morgan fingerprint density at radius 3 is 2.54 bits per heavy atom. The summed E-state index contributed by atoms with van der Waals surface area (Å²) < 4.78 is -0.616. The van der Waals surface area contributed by atoms with Crippen molar-refractivity contribution in [1.29, 1.82) is 0 Å². The lowest BCUT2D eigenvalue weighted by atomic mass is 9.70. The van der Waals surface area contributed by atoms with E-state index >= 15 is 0 Å². The van der Waals surface area contributed by atoms with Gasteiger partial charge >= 0.3 is 0 Å². The largest absolute Gasteiger partial charge is 0.394 e. The average molecular weight is 502 g/mol. The highest BCUT2D eigenvalue weighted by atomic mass is 32.2. The highest BCUT2D eigenvalue weighted by Crippen LogP contribution is 2.66. The van der Waals surface area contributed by atoms with Gasteiger partial charge in [-0.05, 0) is 37.7 Å². The van der Waals surface area contributed by atoms with Crippen LogP contribution in [-0.4, -0.2) is 69.5 Å². The van der Waals surface area contributed by atoms with Crippen molar-refractivity contribution >= 4 is 29.5 Å². The highest BCUT2D eigenvalue weighted by Gasteiger charge is 2.74. The molecule has 7 nitrogen and oxygen atoms in total. The predicted molar refractivity (Wildman–Crippen MR) is 138 cm³/mol. The first kappa shape index (κ1) is 26.0. The van der Waals surface area contributed by atoms with Crippen LogP contribution in [0.4, 0.5) is 0 Å². The van der Waals surface area contributed by atoms with Gasteiger partial charge in [0.2, 0.25) is 17.7 Å². The smallest absolute Gasteiger partial charge is 0.244 e. The van der Waals surface area contributed by atoms with E-state index in [1.165, 1.54) is 0 Å². The molecule has 0 saturated carbocycles. The van der Waals surface area contributed by atoms with E-state index in [1.54, 1.807) is 16.7 Å². The molecule has 35 heavy (non-hydrogen) atoms. The number of hydrogen-bond acceptors (Lipinski definition) is 5. The number of benzene rings is 1. The summed E-state index contributed by atoms with van der Waals surface area (Å²) in [5.74, 6) is -1.33. The third-order valence-electron chi connectivity index (χ3n) is 7.84. The molecule has 3 amide bonds. The summed E-state index contributed by atoms with van der Waals surface area (Å²) in [7, 11) is 0. The van der Waals surface area contributed by atoms with Crippen molar-refractivity contribution in [3.05, 3.63) is 35.9 Å². The van der Waals surface area contributed by atoms with E-state index in [-0.39, 0.29) is 29.6 Å². The summed E-state index contributed by atoms with van der Waals surface area (Å²) in [5, 5.41) is 16.6. The molecule has 0 aliphatic carbocycles. The van der Waals surface area contributed by atoms with Gasteiger partial charge in [0.15, 0.2) is 0 Å². The summed E-state index contributed by atoms with van der Waals surface area (Å²) in [6.45, 7) is 5.05. The van der Waals surface area contributed by atoms with Crippen LogP contribution in [0.15, 0.2) is 30.3 Å². The Bertz CT molecular complexity index is 913. The number of nitrogens with one attached hydrogen (secondary N) is 2. The van der Waals surface area contributed by atoms with Crippen molar-refractivity contribution in [2.45, 2.75) is 80.9 Å². The molecule has 3 aliphatic heterocycles. The van der Waals surface area contributed by atoms with Gasteiger partial charge in [0.05, 0.1) is 29.2 Å². The van der Waals surface area contributed by atoms with Crippen molar-refractivity contribution in [3.8, 4) is 0 Å². The SMILES string of the molecule is CCCCCNC(=O)C1N([C@@H](CO)Cc2ccccc2)C(=O)[C@@H]2[C@@H](C(=O)NCCC)[C@H]3CCC12S3. The number of amides is 3. The monoisotopic (exact) mass is 501 g/mol. The van der Waals surface area contributed by atoms with Crippen LogP contribution in [0.5, 0.6) is 0 Å². The Balaban J connectivity index is 1.66. The first-order valence-electron chi connectivity index (χ1n) is 13.2. The second-order valence-electron chi connectivity index (χ2n) is 10.1. The Hall–Kier alpha value is -2.06. The fourth-order valence-electron chi connectivity index (χ4n) is 6.27. The Labute approximate surface area is 212 Å². The topological polar surface area (TPSA) is 98.7 Å². The summed E-state index contributed by atoms with van der Waals surface area (Å²) in [6.07, 6.45) is 5.85. The Kier molecular flexibility index (Phi) is 8.42. The van der Waals surface area contributed by atoms with Crippen molar-refractivity contribution in [2.75, 3.05) is 19.7 Å². The van der Waals surface area contributed by atoms with Crippen LogP contribution in [0.1, 0.15) is 57.9 Å². The van der Waals surface area contributed by atoms with Crippen LogP contribution in [-0.2, 0) is 20.8 Å².